The predicted octanol–water partition coefficient (Wildman–Crippen LogP) is 1.58. The first kappa shape index (κ1) is 12.0. The third kappa shape index (κ3) is 2.82. The highest BCUT2D eigenvalue weighted by Crippen LogP contribution is 2.16. The summed E-state index contributed by atoms with van der Waals surface area (Å²) in [6.07, 6.45) is 6.70. The molecule has 1 fully saturated rings. The monoisotopic (exact) mass is 233 g/mol. The number of carbonyl (C=O) groups is 1. The topological polar surface area (TPSA) is 45.2 Å². The lowest BCUT2D eigenvalue weighted by molar-refractivity contribution is -0.121. The molecule has 1 atom stereocenters. The minimum Gasteiger partial charge on any atom is -0.311 e. The first-order chi connectivity index (χ1) is 8.33. The Labute approximate surface area is 102 Å². The zero-order valence-electron chi connectivity index (χ0n) is 10.2. The quantitative estimate of drug-likeness (QED) is 0.862. The summed E-state index contributed by atoms with van der Waals surface area (Å²) in [6, 6.07) is 3.74. The molecule has 0 bridgehead atoms. The van der Waals surface area contributed by atoms with Crippen molar-refractivity contribution in [3.8, 4) is 0 Å². The highest BCUT2D eigenvalue weighted by molar-refractivity contribution is 5.97. The summed E-state index contributed by atoms with van der Waals surface area (Å²) in [5.74, 6) is 0.179. The summed E-state index contributed by atoms with van der Waals surface area (Å²) in [6.45, 7) is 3.65. The van der Waals surface area contributed by atoms with Crippen LogP contribution in [0, 0.1) is 0 Å². The van der Waals surface area contributed by atoms with E-state index in [0.717, 1.165) is 25.1 Å². The molecule has 4 nitrogen and oxygen atoms in total. The fourth-order valence-corrected chi connectivity index (χ4v) is 2.24. The number of anilines is 1. The lowest BCUT2D eigenvalue weighted by Crippen LogP contribution is -2.48. The SMILES string of the molecule is CCN(C(=O)[C@@H]1CCCCN1)c1ccncc1. The molecule has 1 amide bonds. The second-order valence-electron chi connectivity index (χ2n) is 4.29. The summed E-state index contributed by atoms with van der Waals surface area (Å²) in [5, 5.41) is 3.30. The van der Waals surface area contributed by atoms with Crippen LogP contribution >= 0.6 is 0 Å². The maximum Gasteiger partial charge on any atom is 0.244 e. The van der Waals surface area contributed by atoms with E-state index < -0.39 is 0 Å². The van der Waals surface area contributed by atoms with Crippen molar-refractivity contribution in [2.75, 3.05) is 18.0 Å². The normalized spacial score (nSPS) is 19.9. The molecule has 1 aromatic rings. The van der Waals surface area contributed by atoms with Gasteiger partial charge in [-0.15, -0.1) is 0 Å². The fourth-order valence-electron chi connectivity index (χ4n) is 2.24. The number of amides is 1. The van der Waals surface area contributed by atoms with Crippen LogP contribution in [-0.4, -0.2) is 30.0 Å². The summed E-state index contributed by atoms with van der Waals surface area (Å²) < 4.78 is 0. The Balaban J connectivity index is 2.10. The minimum atomic E-state index is -0.0168. The van der Waals surface area contributed by atoms with Gasteiger partial charge < -0.3 is 10.2 Å². The molecule has 17 heavy (non-hydrogen) atoms. The number of nitrogens with one attached hydrogen (secondary N) is 1. The van der Waals surface area contributed by atoms with Gasteiger partial charge in [0.1, 0.15) is 0 Å². The third-order valence-electron chi connectivity index (χ3n) is 3.17. The van der Waals surface area contributed by atoms with Crippen LogP contribution in [0.4, 0.5) is 5.69 Å². The molecule has 2 heterocycles. The summed E-state index contributed by atoms with van der Waals surface area (Å²) in [4.78, 5) is 18.2. The molecule has 4 heteroatoms. The predicted molar refractivity (Wildman–Crippen MR) is 67.9 cm³/mol. The number of likely N-dealkylation sites (N-methyl/N-ethyl adjacent to an activating group) is 1. The minimum absolute atomic E-state index is 0.0168. The molecule has 1 aromatic heterocycles. The maximum absolute atomic E-state index is 12.4. The van der Waals surface area contributed by atoms with E-state index in [4.69, 9.17) is 0 Å². The van der Waals surface area contributed by atoms with E-state index in [1.54, 1.807) is 12.4 Å². The van der Waals surface area contributed by atoms with Gasteiger partial charge in [0.05, 0.1) is 6.04 Å². The molecule has 0 saturated carbocycles. The van der Waals surface area contributed by atoms with Crippen molar-refractivity contribution >= 4 is 11.6 Å². The number of hydrogen-bond donors (Lipinski definition) is 1. The van der Waals surface area contributed by atoms with Gasteiger partial charge in [0.15, 0.2) is 0 Å². The van der Waals surface area contributed by atoms with Gasteiger partial charge in [0.25, 0.3) is 0 Å². The average molecular weight is 233 g/mol. The average Bonchev–Trinajstić information content (AvgIpc) is 2.42. The van der Waals surface area contributed by atoms with Crippen LogP contribution in [-0.2, 0) is 4.79 Å². The molecule has 1 saturated heterocycles. The second kappa shape index (κ2) is 5.77. The van der Waals surface area contributed by atoms with Gasteiger partial charge in [-0.05, 0) is 38.4 Å². The van der Waals surface area contributed by atoms with E-state index in [1.807, 2.05) is 24.0 Å². The molecule has 0 aliphatic carbocycles. The van der Waals surface area contributed by atoms with Crippen LogP contribution in [0.25, 0.3) is 0 Å². The molecule has 0 radical (unpaired) electrons. The van der Waals surface area contributed by atoms with Gasteiger partial charge in [-0.2, -0.15) is 0 Å². The van der Waals surface area contributed by atoms with Crippen LogP contribution in [0.5, 0.6) is 0 Å². The Morgan fingerprint density at radius 2 is 2.24 bits per heavy atom. The first-order valence-electron chi connectivity index (χ1n) is 6.27. The van der Waals surface area contributed by atoms with Crippen LogP contribution in [0.15, 0.2) is 24.5 Å². The van der Waals surface area contributed by atoms with Gasteiger partial charge in [0, 0.05) is 24.6 Å². The highest BCUT2D eigenvalue weighted by Gasteiger charge is 2.25. The van der Waals surface area contributed by atoms with E-state index in [2.05, 4.69) is 10.3 Å². The summed E-state index contributed by atoms with van der Waals surface area (Å²) in [7, 11) is 0. The zero-order valence-corrected chi connectivity index (χ0v) is 10.2. The van der Waals surface area contributed by atoms with Crippen molar-refractivity contribution in [3.05, 3.63) is 24.5 Å². The molecule has 1 aliphatic heterocycles. The van der Waals surface area contributed by atoms with Crippen molar-refractivity contribution in [2.24, 2.45) is 0 Å². The number of carbonyl (C=O) groups excluding carboxylic acids is 1. The van der Waals surface area contributed by atoms with Gasteiger partial charge in [-0.25, -0.2) is 0 Å². The number of piperidine rings is 1. The van der Waals surface area contributed by atoms with Gasteiger partial charge in [-0.3, -0.25) is 9.78 Å². The zero-order chi connectivity index (χ0) is 12.1. The first-order valence-corrected chi connectivity index (χ1v) is 6.27. The lowest BCUT2D eigenvalue weighted by Gasteiger charge is -2.29. The Kier molecular flexibility index (Phi) is 4.09. The number of rotatable bonds is 3. The molecule has 2 rings (SSSR count). The van der Waals surface area contributed by atoms with Gasteiger partial charge in [0.2, 0.25) is 5.91 Å². The third-order valence-corrected chi connectivity index (χ3v) is 3.17. The number of aromatic nitrogens is 1. The standard InChI is InChI=1S/C13H19N3O/c1-2-16(11-6-9-14-10-7-11)13(17)12-5-3-4-8-15-12/h6-7,9-10,12,15H,2-5,8H2,1H3/t12-/m0/s1. The van der Waals surface area contributed by atoms with Crippen LogP contribution < -0.4 is 10.2 Å². The van der Waals surface area contributed by atoms with E-state index in [-0.39, 0.29) is 11.9 Å². The number of pyridine rings is 1. The highest BCUT2D eigenvalue weighted by atomic mass is 16.2. The molecular weight excluding hydrogens is 214 g/mol. The van der Waals surface area contributed by atoms with E-state index >= 15 is 0 Å². The molecule has 0 spiro atoms. The summed E-state index contributed by atoms with van der Waals surface area (Å²) >= 11 is 0. The van der Waals surface area contributed by atoms with E-state index in [0.29, 0.717) is 6.54 Å². The van der Waals surface area contributed by atoms with Gasteiger partial charge in [-0.1, -0.05) is 6.42 Å². The van der Waals surface area contributed by atoms with Crippen molar-refractivity contribution in [3.63, 3.8) is 0 Å². The van der Waals surface area contributed by atoms with Crippen molar-refractivity contribution < 1.29 is 4.79 Å². The van der Waals surface area contributed by atoms with Crippen LogP contribution in [0.2, 0.25) is 0 Å². The van der Waals surface area contributed by atoms with E-state index in [9.17, 15) is 4.79 Å². The van der Waals surface area contributed by atoms with Crippen LogP contribution in [0.3, 0.4) is 0 Å². The molecule has 0 aromatic carbocycles. The van der Waals surface area contributed by atoms with Crippen LogP contribution in [0.1, 0.15) is 26.2 Å². The summed E-state index contributed by atoms with van der Waals surface area (Å²) in [5.41, 5.74) is 0.930. The largest absolute Gasteiger partial charge is 0.311 e. The van der Waals surface area contributed by atoms with Crippen molar-refractivity contribution in [1.82, 2.24) is 10.3 Å². The molecular formula is C13H19N3O. The number of nitrogens with zero attached hydrogens (tertiary/aromatic N) is 2. The Bertz CT molecular complexity index is 360. The second-order valence-corrected chi connectivity index (χ2v) is 4.29. The Hall–Kier alpha value is -1.42. The Morgan fingerprint density at radius 3 is 2.82 bits per heavy atom. The molecule has 0 unspecified atom stereocenters. The van der Waals surface area contributed by atoms with E-state index in [1.165, 1.54) is 6.42 Å². The van der Waals surface area contributed by atoms with Gasteiger partial charge >= 0.3 is 0 Å². The Morgan fingerprint density at radius 1 is 1.47 bits per heavy atom. The lowest BCUT2D eigenvalue weighted by atomic mass is 10.0. The van der Waals surface area contributed by atoms with Crippen molar-refractivity contribution in [1.29, 1.82) is 0 Å². The maximum atomic E-state index is 12.4. The smallest absolute Gasteiger partial charge is 0.244 e. The fraction of sp³-hybridized carbons (Fsp3) is 0.538. The molecule has 1 aliphatic rings. The molecule has 1 N–H and O–H groups in total. The molecule has 92 valence electrons. The number of hydrogen-bond acceptors (Lipinski definition) is 3. The van der Waals surface area contributed by atoms with Crippen molar-refractivity contribution in [2.45, 2.75) is 32.2 Å².